The Morgan fingerprint density at radius 2 is 1.88 bits per heavy atom. The lowest BCUT2D eigenvalue weighted by atomic mass is 10.1. The average molecular weight is 245 g/mol. The molecule has 0 radical (unpaired) electrons. The SMILES string of the molecule is CC(=O)c1ccc2c(c1)oc1ccc(Cl)cc12. The highest BCUT2D eigenvalue weighted by Gasteiger charge is 2.09. The minimum absolute atomic E-state index is 0.0328. The third kappa shape index (κ3) is 1.61. The molecule has 17 heavy (non-hydrogen) atoms. The Balaban J connectivity index is 2.39. The first-order valence-electron chi connectivity index (χ1n) is 5.28. The van der Waals surface area contributed by atoms with Crippen molar-refractivity contribution in [2.75, 3.05) is 0 Å². The normalized spacial score (nSPS) is 11.2. The molecule has 3 aromatic rings. The Morgan fingerprint density at radius 1 is 1.06 bits per heavy atom. The molecule has 0 fully saturated rings. The van der Waals surface area contributed by atoms with Gasteiger partial charge in [0.1, 0.15) is 11.2 Å². The molecule has 0 aliphatic rings. The van der Waals surface area contributed by atoms with Crippen LogP contribution in [0.2, 0.25) is 5.02 Å². The lowest BCUT2D eigenvalue weighted by molar-refractivity contribution is 0.101. The molecular weight excluding hydrogens is 236 g/mol. The van der Waals surface area contributed by atoms with Crippen molar-refractivity contribution >= 4 is 39.3 Å². The summed E-state index contributed by atoms with van der Waals surface area (Å²) in [6.45, 7) is 1.54. The number of carbonyl (C=O) groups excluding carboxylic acids is 1. The van der Waals surface area contributed by atoms with Crippen LogP contribution in [-0.4, -0.2) is 5.78 Å². The summed E-state index contributed by atoms with van der Waals surface area (Å²) in [4.78, 5) is 11.3. The first kappa shape index (κ1) is 10.4. The molecule has 0 spiro atoms. The predicted octanol–water partition coefficient (Wildman–Crippen LogP) is 4.44. The third-order valence-corrected chi connectivity index (χ3v) is 3.07. The number of hydrogen-bond donors (Lipinski definition) is 0. The average Bonchev–Trinajstić information content (AvgIpc) is 2.66. The molecule has 0 unspecified atom stereocenters. The highest BCUT2D eigenvalue weighted by Crippen LogP contribution is 2.31. The van der Waals surface area contributed by atoms with Crippen molar-refractivity contribution < 1.29 is 9.21 Å². The Kier molecular flexibility index (Phi) is 2.20. The lowest BCUT2D eigenvalue weighted by Crippen LogP contribution is -1.89. The van der Waals surface area contributed by atoms with Gasteiger partial charge in [0.2, 0.25) is 0 Å². The molecular formula is C14H9ClO2. The highest BCUT2D eigenvalue weighted by molar-refractivity contribution is 6.31. The van der Waals surface area contributed by atoms with Gasteiger partial charge in [-0.2, -0.15) is 0 Å². The van der Waals surface area contributed by atoms with Crippen molar-refractivity contribution in [3.05, 3.63) is 47.0 Å². The van der Waals surface area contributed by atoms with Crippen LogP contribution in [0.3, 0.4) is 0 Å². The van der Waals surface area contributed by atoms with Crippen LogP contribution in [0.5, 0.6) is 0 Å². The zero-order chi connectivity index (χ0) is 12.0. The van der Waals surface area contributed by atoms with Crippen molar-refractivity contribution in [1.82, 2.24) is 0 Å². The first-order valence-corrected chi connectivity index (χ1v) is 5.66. The van der Waals surface area contributed by atoms with Crippen molar-refractivity contribution in [2.24, 2.45) is 0 Å². The van der Waals surface area contributed by atoms with E-state index in [4.69, 9.17) is 16.0 Å². The smallest absolute Gasteiger partial charge is 0.159 e. The molecule has 0 bridgehead atoms. The van der Waals surface area contributed by atoms with E-state index in [1.807, 2.05) is 18.2 Å². The number of rotatable bonds is 1. The van der Waals surface area contributed by atoms with Crippen LogP contribution < -0.4 is 0 Å². The number of furan rings is 1. The summed E-state index contributed by atoms with van der Waals surface area (Å²) in [5.41, 5.74) is 2.16. The number of benzene rings is 2. The number of carbonyl (C=O) groups is 1. The molecule has 0 atom stereocenters. The Bertz CT molecular complexity index is 740. The van der Waals surface area contributed by atoms with Crippen LogP contribution in [0, 0.1) is 0 Å². The van der Waals surface area contributed by atoms with Crippen LogP contribution in [0.25, 0.3) is 21.9 Å². The number of Topliss-reactive ketones (excluding diaryl/α,β-unsaturated/α-hetero) is 1. The first-order chi connectivity index (χ1) is 8.15. The van der Waals surface area contributed by atoms with Crippen LogP contribution in [-0.2, 0) is 0 Å². The molecule has 1 heterocycles. The van der Waals surface area contributed by atoms with Gasteiger partial charge in [-0.1, -0.05) is 17.7 Å². The number of ketones is 1. The molecule has 0 N–H and O–H groups in total. The number of halogens is 1. The quantitative estimate of drug-likeness (QED) is 0.593. The number of hydrogen-bond acceptors (Lipinski definition) is 2. The molecule has 1 aromatic heterocycles. The van der Waals surface area contributed by atoms with Gasteiger partial charge in [0, 0.05) is 21.4 Å². The second-order valence-electron chi connectivity index (χ2n) is 4.01. The van der Waals surface area contributed by atoms with Gasteiger partial charge in [0.25, 0.3) is 0 Å². The summed E-state index contributed by atoms with van der Waals surface area (Å²) >= 11 is 5.96. The van der Waals surface area contributed by atoms with Crippen LogP contribution >= 0.6 is 11.6 Å². The second-order valence-corrected chi connectivity index (χ2v) is 4.45. The van der Waals surface area contributed by atoms with Crippen LogP contribution in [0.4, 0.5) is 0 Å². The summed E-state index contributed by atoms with van der Waals surface area (Å²) in [5.74, 6) is 0.0328. The van der Waals surface area contributed by atoms with E-state index < -0.39 is 0 Å². The summed E-state index contributed by atoms with van der Waals surface area (Å²) < 4.78 is 5.69. The molecule has 3 rings (SSSR count). The van der Waals surface area contributed by atoms with E-state index in [9.17, 15) is 4.79 Å². The van der Waals surface area contributed by atoms with E-state index >= 15 is 0 Å². The van der Waals surface area contributed by atoms with Gasteiger partial charge < -0.3 is 4.42 Å². The topological polar surface area (TPSA) is 30.2 Å². The van der Waals surface area contributed by atoms with E-state index in [2.05, 4.69) is 0 Å². The van der Waals surface area contributed by atoms with Crippen molar-refractivity contribution in [3.63, 3.8) is 0 Å². The van der Waals surface area contributed by atoms with Gasteiger partial charge in [-0.3, -0.25) is 4.79 Å². The Labute approximate surface area is 103 Å². The van der Waals surface area contributed by atoms with E-state index in [-0.39, 0.29) is 5.78 Å². The summed E-state index contributed by atoms with van der Waals surface area (Å²) in [7, 11) is 0. The minimum Gasteiger partial charge on any atom is -0.456 e. The molecule has 0 aliphatic heterocycles. The molecule has 0 amide bonds. The maximum Gasteiger partial charge on any atom is 0.159 e. The van der Waals surface area contributed by atoms with Crippen LogP contribution in [0.1, 0.15) is 17.3 Å². The molecule has 84 valence electrons. The number of fused-ring (bicyclic) bond motifs is 3. The maximum absolute atomic E-state index is 11.3. The molecule has 2 aromatic carbocycles. The van der Waals surface area contributed by atoms with Gasteiger partial charge in [-0.15, -0.1) is 0 Å². The van der Waals surface area contributed by atoms with Gasteiger partial charge in [-0.05, 0) is 37.3 Å². The standard InChI is InChI=1S/C14H9ClO2/c1-8(16)9-2-4-11-12-7-10(15)3-5-13(12)17-14(11)6-9/h2-7H,1H3. The highest BCUT2D eigenvalue weighted by atomic mass is 35.5. The minimum atomic E-state index is 0.0328. The van der Waals surface area contributed by atoms with E-state index in [1.54, 1.807) is 25.1 Å². The Hall–Kier alpha value is -1.80. The van der Waals surface area contributed by atoms with E-state index in [0.29, 0.717) is 10.6 Å². The largest absolute Gasteiger partial charge is 0.456 e. The van der Waals surface area contributed by atoms with Gasteiger partial charge in [0.15, 0.2) is 5.78 Å². The monoisotopic (exact) mass is 244 g/mol. The van der Waals surface area contributed by atoms with Crippen molar-refractivity contribution in [1.29, 1.82) is 0 Å². The second kappa shape index (κ2) is 3.60. The fourth-order valence-electron chi connectivity index (χ4n) is 1.97. The van der Waals surface area contributed by atoms with Gasteiger partial charge >= 0.3 is 0 Å². The predicted molar refractivity (Wildman–Crippen MR) is 68.7 cm³/mol. The van der Waals surface area contributed by atoms with E-state index in [1.165, 1.54) is 0 Å². The molecule has 0 aliphatic carbocycles. The summed E-state index contributed by atoms with van der Waals surface area (Å²) in [6.07, 6.45) is 0. The van der Waals surface area contributed by atoms with Crippen molar-refractivity contribution in [2.45, 2.75) is 6.92 Å². The lowest BCUT2D eigenvalue weighted by Gasteiger charge is -1.94. The molecule has 0 saturated heterocycles. The van der Waals surface area contributed by atoms with Gasteiger partial charge in [0.05, 0.1) is 0 Å². The zero-order valence-corrected chi connectivity index (χ0v) is 9.91. The summed E-state index contributed by atoms with van der Waals surface area (Å²) in [5, 5.41) is 2.63. The molecule has 3 heteroatoms. The molecule has 0 saturated carbocycles. The van der Waals surface area contributed by atoms with E-state index in [0.717, 1.165) is 21.9 Å². The molecule has 2 nitrogen and oxygen atoms in total. The summed E-state index contributed by atoms with van der Waals surface area (Å²) in [6, 6.07) is 11.0. The maximum atomic E-state index is 11.3. The fourth-order valence-corrected chi connectivity index (χ4v) is 2.14. The van der Waals surface area contributed by atoms with Crippen LogP contribution in [0.15, 0.2) is 40.8 Å². The third-order valence-electron chi connectivity index (χ3n) is 2.84. The zero-order valence-electron chi connectivity index (χ0n) is 9.16. The van der Waals surface area contributed by atoms with Gasteiger partial charge in [-0.25, -0.2) is 0 Å². The Morgan fingerprint density at radius 3 is 2.65 bits per heavy atom. The fraction of sp³-hybridized carbons (Fsp3) is 0.0714. The van der Waals surface area contributed by atoms with Crippen molar-refractivity contribution in [3.8, 4) is 0 Å².